The number of ether oxygens (including phenoxy) is 1. The molecule has 1 atom stereocenters. The van der Waals surface area contributed by atoms with E-state index >= 15 is 0 Å². The van der Waals surface area contributed by atoms with Crippen molar-refractivity contribution in [2.24, 2.45) is 5.73 Å². The van der Waals surface area contributed by atoms with Crippen molar-refractivity contribution in [2.45, 2.75) is 38.3 Å². The molecule has 0 bridgehead atoms. The fraction of sp³-hybridized carbons (Fsp3) is 0.400. The van der Waals surface area contributed by atoms with E-state index in [1.807, 2.05) is 30.3 Å². The van der Waals surface area contributed by atoms with Crippen molar-refractivity contribution in [1.29, 1.82) is 0 Å². The molecule has 3 rings (SSSR count). The highest BCUT2D eigenvalue weighted by Crippen LogP contribution is 2.33. The van der Waals surface area contributed by atoms with Crippen LogP contribution >= 0.6 is 0 Å². The van der Waals surface area contributed by atoms with Crippen molar-refractivity contribution in [3.05, 3.63) is 59.4 Å². The van der Waals surface area contributed by atoms with E-state index < -0.39 is 0 Å². The van der Waals surface area contributed by atoms with Gasteiger partial charge in [0.15, 0.2) is 0 Å². The lowest BCUT2D eigenvalue weighted by atomic mass is 10.1. The monoisotopic (exact) mass is 339 g/mol. The van der Waals surface area contributed by atoms with Gasteiger partial charge in [-0.25, -0.2) is 0 Å². The van der Waals surface area contributed by atoms with E-state index in [0.29, 0.717) is 18.9 Å². The summed E-state index contributed by atoms with van der Waals surface area (Å²) >= 11 is 0. The minimum atomic E-state index is -0.286. The molecule has 5 nitrogen and oxygen atoms in total. The Bertz CT molecular complexity index is 732. The van der Waals surface area contributed by atoms with Gasteiger partial charge in [0.1, 0.15) is 5.75 Å². The van der Waals surface area contributed by atoms with Gasteiger partial charge in [-0.3, -0.25) is 14.7 Å². The van der Waals surface area contributed by atoms with Crippen LogP contribution in [0.25, 0.3) is 0 Å². The van der Waals surface area contributed by atoms with Crippen molar-refractivity contribution < 1.29 is 9.53 Å². The third-order valence-electron chi connectivity index (χ3n) is 4.73. The molecule has 0 radical (unpaired) electrons. The van der Waals surface area contributed by atoms with E-state index in [0.717, 1.165) is 43.1 Å². The SMILES string of the molecule is COc1ccccc1CN1CCCC1c1cccc(CCC(N)=O)n1. The molecule has 1 fully saturated rings. The van der Waals surface area contributed by atoms with Gasteiger partial charge in [-0.2, -0.15) is 0 Å². The van der Waals surface area contributed by atoms with Gasteiger partial charge in [0.05, 0.1) is 18.8 Å². The van der Waals surface area contributed by atoms with Crippen LogP contribution in [-0.4, -0.2) is 29.4 Å². The second-order valence-corrected chi connectivity index (χ2v) is 6.46. The van der Waals surface area contributed by atoms with Crippen LogP contribution in [0.15, 0.2) is 42.5 Å². The summed E-state index contributed by atoms with van der Waals surface area (Å²) in [5.74, 6) is 0.641. The molecule has 1 aromatic carbocycles. The summed E-state index contributed by atoms with van der Waals surface area (Å²) < 4.78 is 5.48. The first-order chi connectivity index (χ1) is 12.2. The Morgan fingerprint density at radius 2 is 2.12 bits per heavy atom. The summed E-state index contributed by atoms with van der Waals surface area (Å²) in [6.45, 7) is 1.90. The number of carbonyl (C=O) groups is 1. The largest absolute Gasteiger partial charge is 0.496 e. The Kier molecular flexibility index (Phi) is 5.66. The number of hydrogen-bond acceptors (Lipinski definition) is 4. The molecule has 25 heavy (non-hydrogen) atoms. The van der Waals surface area contributed by atoms with Crippen LogP contribution in [-0.2, 0) is 17.8 Å². The van der Waals surface area contributed by atoms with Crippen molar-refractivity contribution in [3.63, 3.8) is 0 Å². The van der Waals surface area contributed by atoms with E-state index in [9.17, 15) is 4.79 Å². The number of para-hydroxylation sites is 1. The van der Waals surface area contributed by atoms with Crippen LogP contribution in [0.3, 0.4) is 0 Å². The Morgan fingerprint density at radius 1 is 1.28 bits per heavy atom. The number of hydrogen-bond donors (Lipinski definition) is 1. The predicted molar refractivity (Wildman–Crippen MR) is 97.1 cm³/mol. The Morgan fingerprint density at radius 3 is 2.92 bits per heavy atom. The highest BCUT2D eigenvalue weighted by Gasteiger charge is 2.27. The average molecular weight is 339 g/mol. The number of nitrogens with zero attached hydrogens (tertiary/aromatic N) is 2. The molecule has 0 aliphatic carbocycles. The molecule has 1 amide bonds. The smallest absolute Gasteiger partial charge is 0.217 e. The van der Waals surface area contributed by atoms with Gasteiger partial charge < -0.3 is 10.5 Å². The number of aromatic nitrogens is 1. The topological polar surface area (TPSA) is 68.5 Å². The molecule has 5 heteroatoms. The Hall–Kier alpha value is -2.40. The van der Waals surface area contributed by atoms with Gasteiger partial charge in [0.2, 0.25) is 5.91 Å². The molecule has 1 aromatic heterocycles. The Balaban J connectivity index is 1.75. The number of pyridine rings is 1. The van der Waals surface area contributed by atoms with Gasteiger partial charge in [-0.05, 0) is 44.0 Å². The molecule has 1 saturated heterocycles. The lowest BCUT2D eigenvalue weighted by Gasteiger charge is -2.25. The molecule has 2 aromatic rings. The molecule has 0 spiro atoms. The number of nitrogens with two attached hydrogens (primary N) is 1. The maximum absolute atomic E-state index is 11.0. The third kappa shape index (κ3) is 4.37. The zero-order valence-corrected chi connectivity index (χ0v) is 14.6. The quantitative estimate of drug-likeness (QED) is 0.842. The molecular weight excluding hydrogens is 314 g/mol. The van der Waals surface area contributed by atoms with E-state index in [1.165, 1.54) is 5.56 Å². The molecule has 2 heterocycles. The van der Waals surface area contributed by atoms with E-state index in [-0.39, 0.29) is 5.91 Å². The maximum atomic E-state index is 11.0. The predicted octanol–water partition coefficient (Wildman–Crippen LogP) is 2.85. The second-order valence-electron chi connectivity index (χ2n) is 6.46. The fourth-order valence-electron chi connectivity index (χ4n) is 3.48. The summed E-state index contributed by atoms with van der Waals surface area (Å²) in [4.78, 5) is 18.2. The first-order valence-electron chi connectivity index (χ1n) is 8.77. The number of aryl methyl sites for hydroxylation is 1. The van der Waals surface area contributed by atoms with Gasteiger partial charge >= 0.3 is 0 Å². The number of amides is 1. The molecule has 0 saturated carbocycles. The summed E-state index contributed by atoms with van der Waals surface area (Å²) in [7, 11) is 1.71. The van der Waals surface area contributed by atoms with E-state index in [1.54, 1.807) is 7.11 Å². The summed E-state index contributed by atoms with van der Waals surface area (Å²) in [6.07, 6.45) is 3.20. The van der Waals surface area contributed by atoms with Crippen LogP contribution in [0.2, 0.25) is 0 Å². The van der Waals surface area contributed by atoms with Gasteiger partial charge in [0, 0.05) is 24.2 Å². The van der Waals surface area contributed by atoms with Gasteiger partial charge in [-0.1, -0.05) is 24.3 Å². The number of rotatable bonds is 7. The molecular formula is C20H25N3O2. The number of methoxy groups -OCH3 is 1. The van der Waals surface area contributed by atoms with Crippen molar-refractivity contribution in [3.8, 4) is 5.75 Å². The zero-order chi connectivity index (χ0) is 17.6. The van der Waals surface area contributed by atoms with Crippen molar-refractivity contribution >= 4 is 5.91 Å². The number of likely N-dealkylation sites (tertiary alicyclic amines) is 1. The highest BCUT2D eigenvalue weighted by molar-refractivity contribution is 5.73. The number of benzene rings is 1. The first kappa shape index (κ1) is 17.4. The van der Waals surface area contributed by atoms with E-state index in [2.05, 4.69) is 17.0 Å². The lowest BCUT2D eigenvalue weighted by molar-refractivity contribution is -0.118. The standard InChI is InChI=1S/C20H25N3O2/c1-25-19-10-3-2-6-15(19)14-23-13-5-9-18(23)17-8-4-7-16(22-17)11-12-20(21)24/h2-4,6-8,10,18H,5,9,11-14H2,1H3,(H2,21,24). The van der Waals surface area contributed by atoms with Crippen LogP contribution in [0.4, 0.5) is 0 Å². The zero-order valence-electron chi connectivity index (χ0n) is 14.6. The molecule has 2 N–H and O–H groups in total. The van der Waals surface area contributed by atoms with Crippen LogP contribution in [0.5, 0.6) is 5.75 Å². The van der Waals surface area contributed by atoms with Crippen molar-refractivity contribution in [2.75, 3.05) is 13.7 Å². The minimum Gasteiger partial charge on any atom is -0.496 e. The maximum Gasteiger partial charge on any atom is 0.217 e. The highest BCUT2D eigenvalue weighted by atomic mass is 16.5. The van der Waals surface area contributed by atoms with E-state index in [4.69, 9.17) is 15.5 Å². The fourth-order valence-corrected chi connectivity index (χ4v) is 3.48. The first-order valence-corrected chi connectivity index (χ1v) is 8.77. The second kappa shape index (κ2) is 8.12. The molecule has 1 unspecified atom stereocenters. The molecule has 1 aliphatic rings. The lowest BCUT2D eigenvalue weighted by Crippen LogP contribution is -2.24. The van der Waals surface area contributed by atoms with Crippen LogP contribution < -0.4 is 10.5 Å². The van der Waals surface area contributed by atoms with Gasteiger partial charge in [-0.15, -0.1) is 0 Å². The molecule has 132 valence electrons. The summed E-state index contributed by atoms with van der Waals surface area (Å²) in [6, 6.07) is 14.5. The number of primary amides is 1. The third-order valence-corrected chi connectivity index (χ3v) is 4.73. The van der Waals surface area contributed by atoms with Crippen molar-refractivity contribution in [1.82, 2.24) is 9.88 Å². The average Bonchev–Trinajstić information content (AvgIpc) is 3.09. The van der Waals surface area contributed by atoms with Crippen LogP contribution in [0, 0.1) is 0 Å². The van der Waals surface area contributed by atoms with Crippen LogP contribution in [0.1, 0.15) is 42.3 Å². The summed E-state index contributed by atoms with van der Waals surface area (Å²) in [5.41, 5.74) is 8.45. The van der Waals surface area contributed by atoms with Gasteiger partial charge in [0.25, 0.3) is 0 Å². The minimum absolute atomic E-state index is 0.286. The summed E-state index contributed by atoms with van der Waals surface area (Å²) in [5, 5.41) is 0. The Labute approximate surface area is 148 Å². The normalized spacial score (nSPS) is 17.6. The molecule has 1 aliphatic heterocycles. The number of carbonyl (C=O) groups excluding carboxylic acids is 1.